The molecule has 0 aliphatic carbocycles. The number of benzene rings is 1. The number of rotatable bonds is 2. The van der Waals surface area contributed by atoms with Gasteiger partial charge in [0, 0.05) is 14.0 Å². The molecule has 1 aromatic carbocycles. The van der Waals surface area contributed by atoms with Gasteiger partial charge in [-0.25, -0.2) is 8.78 Å². The van der Waals surface area contributed by atoms with Crippen molar-refractivity contribution in [2.75, 3.05) is 6.54 Å². The first-order valence-corrected chi connectivity index (χ1v) is 5.27. The van der Waals surface area contributed by atoms with E-state index in [-0.39, 0.29) is 13.3 Å². The Balaban J connectivity index is 0.00000128. The fourth-order valence-electron chi connectivity index (χ4n) is 1.97. The SMILES string of the molecule is Cc1ccc(C[C@@H]2C[C@@H](F)CN2)cc1F.[HH]. The second kappa shape index (κ2) is 4.27. The zero-order valence-electron chi connectivity index (χ0n) is 8.76. The molecule has 0 saturated carbocycles. The fourth-order valence-corrected chi connectivity index (χ4v) is 1.97. The molecule has 0 unspecified atom stereocenters. The first-order valence-electron chi connectivity index (χ1n) is 5.27. The van der Waals surface area contributed by atoms with Crippen molar-refractivity contribution in [3.8, 4) is 0 Å². The maximum atomic E-state index is 13.2. The van der Waals surface area contributed by atoms with Crippen molar-refractivity contribution in [2.24, 2.45) is 0 Å². The summed E-state index contributed by atoms with van der Waals surface area (Å²) >= 11 is 0. The molecule has 1 N–H and O–H groups in total. The molecule has 1 heterocycles. The van der Waals surface area contributed by atoms with Crippen molar-refractivity contribution >= 4 is 0 Å². The van der Waals surface area contributed by atoms with Crippen molar-refractivity contribution in [1.29, 1.82) is 0 Å². The molecule has 1 aliphatic heterocycles. The Labute approximate surface area is 90.0 Å². The molecule has 1 saturated heterocycles. The Hall–Kier alpha value is -0.960. The topological polar surface area (TPSA) is 12.0 Å². The van der Waals surface area contributed by atoms with Crippen LogP contribution in [0, 0.1) is 12.7 Å². The third-order valence-electron chi connectivity index (χ3n) is 2.89. The molecule has 15 heavy (non-hydrogen) atoms. The third-order valence-corrected chi connectivity index (χ3v) is 2.89. The number of aryl methyl sites for hydroxylation is 1. The highest BCUT2D eigenvalue weighted by molar-refractivity contribution is 5.24. The molecule has 1 fully saturated rings. The summed E-state index contributed by atoms with van der Waals surface area (Å²) in [7, 11) is 0. The van der Waals surface area contributed by atoms with E-state index in [1.165, 1.54) is 0 Å². The second-order valence-corrected chi connectivity index (χ2v) is 4.23. The minimum atomic E-state index is -0.745. The number of halogens is 2. The monoisotopic (exact) mass is 213 g/mol. The quantitative estimate of drug-likeness (QED) is 0.796. The van der Waals surface area contributed by atoms with Crippen LogP contribution in [0.25, 0.3) is 0 Å². The largest absolute Gasteiger partial charge is 0.311 e. The highest BCUT2D eigenvalue weighted by Crippen LogP contribution is 2.16. The summed E-state index contributed by atoms with van der Waals surface area (Å²) in [6.07, 6.45) is 0.498. The van der Waals surface area contributed by atoms with Crippen LogP contribution in [-0.2, 0) is 6.42 Å². The molecular formula is C12H17F2N. The molecule has 1 aromatic rings. The van der Waals surface area contributed by atoms with Gasteiger partial charge in [0.15, 0.2) is 0 Å². The summed E-state index contributed by atoms with van der Waals surface area (Å²) in [4.78, 5) is 0. The van der Waals surface area contributed by atoms with Gasteiger partial charge in [-0.3, -0.25) is 0 Å². The van der Waals surface area contributed by atoms with Gasteiger partial charge in [0.25, 0.3) is 0 Å². The maximum Gasteiger partial charge on any atom is 0.126 e. The van der Waals surface area contributed by atoms with E-state index in [4.69, 9.17) is 0 Å². The Kier molecular flexibility index (Phi) is 3.00. The van der Waals surface area contributed by atoms with Crippen LogP contribution in [0.1, 0.15) is 19.0 Å². The van der Waals surface area contributed by atoms with Crippen molar-refractivity contribution in [1.82, 2.24) is 5.32 Å². The van der Waals surface area contributed by atoms with E-state index in [1.54, 1.807) is 19.1 Å². The molecule has 1 nitrogen and oxygen atoms in total. The lowest BCUT2D eigenvalue weighted by Gasteiger charge is -2.10. The first kappa shape index (κ1) is 10.6. The van der Waals surface area contributed by atoms with Crippen LogP contribution < -0.4 is 5.32 Å². The van der Waals surface area contributed by atoms with Gasteiger partial charge in [0.1, 0.15) is 12.0 Å². The lowest BCUT2D eigenvalue weighted by molar-refractivity contribution is 0.355. The molecule has 3 heteroatoms. The van der Waals surface area contributed by atoms with Gasteiger partial charge in [0.05, 0.1) is 0 Å². The molecule has 2 atom stereocenters. The summed E-state index contributed by atoms with van der Waals surface area (Å²) in [6, 6.07) is 5.38. The lowest BCUT2D eigenvalue weighted by Crippen LogP contribution is -2.23. The highest BCUT2D eigenvalue weighted by Gasteiger charge is 2.23. The van der Waals surface area contributed by atoms with Crippen LogP contribution in [0.5, 0.6) is 0 Å². The van der Waals surface area contributed by atoms with Gasteiger partial charge in [-0.1, -0.05) is 12.1 Å². The Morgan fingerprint density at radius 1 is 1.53 bits per heavy atom. The summed E-state index contributed by atoms with van der Waals surface area (Å²) in [5.41, 5.74) is 1.59. The van der Waals surface area contributed by atoms with E-state index in [2.05, 4.69) is 5.32 Å². The first-order chi connectivity index (χ1) is 7.15. The van der Waals surface area contributed by atoms with Gasteiger partial charge >= 0.3 is 0 Å². The molecule has 2 rings (SSSR count). The summed E-state index contributed by atoms with van der Waals surface area (Å²) < 4.78 is 26.1. The van der Waals surface area contributed by atoms with Gasteiger partial charge in [0.2, 0.25) is 0 Å². The van der Waals surface area contributed by atoms with Crippen LogP contribution in [0.15, 0.2) is 18.2 Å². The van der Waals surface area contributed by atoms with Crippen molar-refractivity contribution < 1.29 is 10.2 Å². The van der Waals surface area contributed by atoms with E-state index in [9.17, 15) is 8.78 Å². The molecule has 0 aromatic heterocycles. The standard InChI is InChI=1S/C12H15F2N.H2/c1-8-2-3-9(5-12(8)14)4-11-6-10(13)7-15-11;/h2-3,5,10-11,15H,4,6-7H2,1H3;1H/t10-,11-;/m1./s1. The van der Waals surface area contributed by atoms with Gasteiger partial charge < -0.3 is 5.32 Å². The van der Waals surface area contributed by atoms with Gasteiger partial charge in [-0.2, -0.15) is 0 Å². The smallest absolute Gasteiger partial charge is 0.126 e. The fraction of sp³-hybridized carbons (Fsp3) is 0.500. The van der Waals surface area contributed by atoms with Crippen LogP contribution in [0.4, 0.5) is 8.78 Å². The van der Waals surface area contributed by atoms with Crippen LogP contribution in [-0.4, -0.2) is 18.8 Å². The predicted molar refractivity (Wildman–Crippen MR) is 58.3 cm³/mol. The van der Waals surface area contributed by atoms with Gasteiger partial charge in [-0.15, -0.1) is 0 Å². The summed E-state index contributed by atoms with van der Waals surface area (Å²) in [5, 5.41) is 3.09. The number of nitrogens with one attached hydrogen (secondary N) is 1. The van der Waals surface area contributed by atoms with Crippen LogP contribution in [0.2, 0.25) is 0 Å². The summed E-state index contributed by atoms with van der Waals surface area (Å²) in [5.74, 6) is -0.178. The van der Waals surface area contributed by atoms with Crippen LogP contribution in [0.3, 0.4) is 0 Å². The number of hydrogen-bond acceptors (Lipinski definition) is 1. The maximum absolute atomic E-state index is 13.2. The average Bonchev–Trinajstić information content (AvgIpc) is 2.58. The minimum absolute atomic E-state index is 0. The molecule has 1 aliphatic rings. The zero-order chi connectivity index (χ0) is 10.8. The molecule has 0 amide bonds. The van der Waals surface area contributed by atoms with Gasteiger partial charge in [-0.05, 0) is 37.0 Å². The molecule has 0 bridgehead atoms. The third kappa shape index (κ3) is 2.53. The van der Waals surface area contributed by atoms with Crippen molar-refractivity contribution in [3.63, 3.8) is 0 Å². The average molecular weight is 213 g/mol. The van der Waals surface area contributed by atoms with E-state index in [0.717, 1.165) is 5.56 Å². The van der Waals surface area contributed by atoms with Crippen LogP contribution >= 0.6 is 0 Å². The Morgan fingerprint density at radius 2 is 2.33 bits per heavy atom. The molecular weight excluding hydrogens is 196 g/mol. The molecule has 84 valence electrons. The highest BCUT2D eigenvalue weighted by atomic mass is 19.1. The Bertz CT molecular complexity index is 357. The summed E-state index contributed by atoms with van der Waals surface area (Å²) in [6.45, 7) is 2.17. The van der Waals surface area contributed by atoms with E-state index >= 15 is 0 Å². The normalized spacial score (nSPS) is 25.8. The van der Waals surface area contributed by atoms with Crippen molar-refractivity contribution in [2.45, 2.75) is 32.0 Å². The lowest BCUT2D eigenvalue weighted by atomic mass is 10.0. The van der Waals surface area contributed by atoms with E-state index < -0.39 is 6.17 Å². The number of alkyl halides is 1. The second-order valence-electron chi connectivity index (χ2n) is 4.23. The predicted octanol–water partition coefficient (Wildman–Crippen LogP) is 2.62. The van der Waals surface area contributed by atoms with Crippen molar-refractivity contribution in [3.05, 3.63) is 35.1 Å². The Morgan fingerprint density at radius 3 is 2.93 bits per heavy atom. The van der Waals surface area contributed by atoms with E-state index in [0.29, 0.717) is 24.9 Å². The zero-order valence-corrected chi connectivity index (χ0v) is 8.76. The van der Waals surface area contributed by atoms with E-state index in [1.807, 2.05) is 6.07 Å². The molecule has 0 spiro atoms. The minimum Gasteiger partial charge on any atom is -0.311 e. The number of hydrogen-bond donors (Lipinski definition) is 1. The molecule has 0 radical (unpaired) electrons.